The van der Waals surface area contributed by atoms with Crippen molar-refractivity contribution in [2.75, 3.05) is 6.54 Å². The highest BCUT2D eigenvalue weighted by atomic mass is 32.1. The third-order valence-electron chi connectivity index (χ3n) is 3.87. The smallest absolute Gasteiger partial charge is 0.227 e. The standard InChI is InChI=1S/C11H12FNO.C7H6N2S/c12-9-4-1-3-8(7-9)10-5-2-6-13-11(10)14;1-3-8-4-2-6(1)7-5-10-9-7/h1,3-4,7,10H,2,5-6H2,(H,13,14);1-5,9H. The van der Waals surface area contributed by atoms with Crippen molar-refractivity contribution in [2.24, 2.45) is 0 Å². The SMILES string of the molecule is O=C1NCCCC1c1cccc(F)c1.c1cc(-c2cs[nH]2)ccn1. The van der Waals surface area contributed by atoms with Crippen molar-refractivity contribution < 1.29 is 9.18 Å². The number of rotatable bonds is 2. The minimum absolute atomic E-state index is 0.0156. The van der Waals surface area contributed by atoms with Crippen LogP contribution in [0.2, 0.25) is 0 Å². The number of aromatic amines is 1. The number of carbonyl (C=O) groups excluding carboxylic acids is 1. The van der Waals surface area contributed by atoms with Gasteiger partial charge in [0.2, 0.25) is 5.91 Å². The molecule has 2 aromatic heterocycles. The molecule has 1 amide bonds. The Labute approximate surface area is 143 Å². The Kier molecular flexibility index (Phi) is 5.38. The first-order chi connectivity index (χ1) is 11.7. The van der Waals surface area contributed by atoms with Gasteiger partial charge in [-0.05, 0) is 42.7 Å². The second-order valence-corrected chi connectivity index (χ2v) is 6.20. The molecule has 0 bridgehead atoms. The monoisotopic (exact) mass is 343 g/mol. The fourth-order valence-electron chi connectivity index (χ4n) is 2.59. The molecule has 1 atom stereocenters. The minimum atomic E-state index is -0.277. The van der Waals surface area contributed by atoms with Crippen molar-refractivity contribution in [2.45, 2.75) is 18.8 Å². The molecule has 24 heavy (non-hydrogen) atoms. The molecule has 3 heterocycles. The van der Waals surface area contributed by atoms with E-state index < -0.39 is 0 Å². The number of aromatic nitrogens is 2. The first-order valence-electron chi connectivity index (χ1n) is 7.79. The Morgan fingerprint density at radius 3 is 2.62 bits per heavy atom. The lowest BCUT2D eigenvalue weighted by Gasteiger charge is -2.21. The summed E-state index contributed by atoms with van der Waals surface area (Å²) in [5.74, 6) is -0.429. The molecule has 1 fully saturated rings. The number of hydrogen-bond donors (Lipinski definition) is 2. The molecule has 3 aromatic rings. The topological polar surface area (TPSA) is 57.8 Å². The molecular formula is C18H18FN3OS. The van der Waals surface area contributed by atoms with Crippen LogP contribution in [-0.4, -0.2) is 21.8 Å². The maximum absolute atomic E-state index is 12.9. The van der Waals surface area contributed by atoms with Crippen molar-refractivity contribution in [3.05, 3.63) is 65.6 Å². The number of benzene rings is 1. The molecule has 0 spiro atoms. The van der Waals surface area contributed by atoms with E-state index in [1.807, 2.05) is 12.1 Å². The first-order valence-corrected chi connectivity index (χ1v) is 8.67. The number of amides is 1. The van der Waals surface area contributed by atoms with Crippen LogP contribution in [0.4, 0.5) is 4.39 Å². The van der Waals surface area contributed by atoms with E-state index in [1.54, 1.807) is 36.1 Å². The molecule has 1 aromatic carbocycles. The van der Waals surface area contributed by atoms with Crippen molar-refractivity contribution in [3.63, 3.8) is 0 Å². The van der Waals surface area contributed by atoms with Crippen LogP contribution >= 0.6 is 11.5 Å². The van der Waals surface area contributed by atoms with Gasteiger partial charge in [0.25, 0.3) is 0 Å². The van der Waals surface area contributed by atoms with E-state index >= 15 is 0 Å². The zero-order chi connectivity index (χ0) is 16.8. The van der Waals surface area contributed by atoms with Gasteiger partial charge < -0.3 is 9.69 Å². The van der Waals surface area contributed by atoms with Crippen LogP contribution in [0.3, 0.4) is 0 Å². The van der Waals surface area contributed by atoms with Crippen molar-refractivity contribution in [1.82, 2.24) is 14.7 Å². The van der Waals surface area contributed by atoms with E-state index in [1.165, 1.54) is 23.4 Å². The summed E-state index contributed by atoms with van der Waals surface area (Å²) in [6.45, 7) is 0.741. The van der Waals surface area contributed by atoms with E-state index in [-0.39, 0.29) is 17.6 Å². The van der Waals surface area contributed by atoms with Gasteiger partial charge in [-0.25, -0.2) is 4.39 Å². The average Bonchev–Trinajstić information content (AvgIpc) is 2.55. The van der Waals surface area contributed by atoms with E-state index in [9.17, 15) is 9.18 Å². The number of H-pyrrole nitrogens is 1. The van der Waals surface area contributed by atoms with E-state index in [4.69, 9.17) is 0 Å². The van der Waals surface area contributed by atoms with E-state index in [2.05, 4.69) is 20.1 Å². The van der Waals surface area contributed by atoms with Gasteiger partial charge in [0, 0.05) is 29.9 Å². The predicted octanol–water partition coefficient (Wildman–Crippen LogP) is 3.96. The molecule has 4 nitrogen and oxygen atoms in total. The fraction of sp³-hybridized carbons (Fsp3) is 0.222. The summed E-state index contributed by atoms with van der Waals surface area (Å²) in [6, 6.07) is 10.3. The Morgan fingerprint density at radius 2 is 2.00 bits per heavy atom. The van der Waals surface area contributed by atoms with Gasteiger partial charge in [-0.15, -0.1) is 0 Å². The van der Waals surface area contributed by atoms with Crippen LogP contribution in [0.1, 0.15) is 24.3 Å². The highest BCUT2D eigenvalue weighted by Gasteiger charge is 2.23. The van der Waals surface area contributed by atoms with Gasteiger partial charge in [0.1, 0.15) is 5.82 Å². The molecule has 0 saturated carbocycles. The van der Waals surface area contributed by atoms with Crippen LogP contribution in [-0.2, 0) is 4.79 Å². The average molecular weight is 343 g/mol. The molecule has 1 aliphatic rings. The summed E-state index contributed by atoms with van der Waals surface area (Å²) >= 11 is 1.61. The number of piperidine rings is 1. The molecule has 6 heteroatoms. The van der Waals surface area contributed by atoms with E-state index in [0.29, 0.717) is 0 Å². The minimum Gasteiger partial charge on any atom is -0.356 e. The molecule has 1 unspecified atom stereocenters. The Balaban J connectivity index is 0.000000149. The van der Waals surface area contributed by atoms with Crippen LogP contribution in [0.5, 0.6) is 0 Å². The van der Waals surface area contributed by atoms with Gasteiger partial charge in [-0.2, -0.15) is 0 Å². The molecule has 0 radical (unpaired) electrons. The fourth-order valence-corrected chi connectivity index (χ4v) is 3.08. The molecule has 0 aliphatic carbocycles. The molecule has 1 saturated heterocycles. The molecule has 2 N–H and O–H groups in total. The number of nitrogens with one attached hydrogen (secondary N) is 2. The van der Waals surface area contributed by atoms with Crippen molar-refractivity contribution in [1.29, 1.82) is 0 Å². The molecular weight excluding hydrogens is 325 g/mol. The highest BCUT2D eigenvalue weighted by Crippen LogP contribution is 2.24. The highest BCUT2D eigenvalue weighted by molar-refractivity contribution is 7.05. The lowest BCUT2D eigenvalue weighted by Crippen LogP contribution is -2.35. The Morgan fingerprint density at radius 1 is 1.21 bits per heavy atom. The number of halogens is 1. The Bertz CT molecular complexity index is 775. The lowest BCUT2D eigenvalue weighted by atomic mass is 9.91. The van der Waals surface area contributed by atoms with Crippen molar-refractivity contribution >= 4 is 17.4 Å². The summed E-state index contributed by atoms with van der Waals surface area (Å²) in [4.78, 5) is 15.4. The van der Waals surface area contributed by atoms with Crippen LogP contribution in [0, 0.1) is 5.82 Å². The largest absolute Gasteiger partial charge is 0.356 e. The van der Waals surface area contributed by atoms with Gasteiger partial charge in [0.05, 0.1) is 11.6 Å². The summed E-state index contributed by atoms with van der Waals surface area (Å²) in [7, 11) is 0. The van der Waals surface area contributed by atoms with Crippen LogP contribution in [0.25, 0.3) is 11.3 Å². The Hall–Kier alpha value is -2.47. The van der Waals surface area contributed by atoms with Crippen molar-refractivity contribution in [3.8, 4) is 11.3 Å². The summed E-state index contributed by atoms with van der Waals surface area (Å²) in [5.41, 5.74) is 3.17. The lowest BCUT2D eigenvalue weighted by molar-refractivity contribution is -0.123. The third kappa shape index (κ3) is 4.08. The number of carbonyl (C=O) groups is 1. The zero-order valence-electron chi connectivity index (χ0n) is 13.0. The van der Waals surface area contributed by atoms with Gasteiger partial charge >= 0.3 is 0 Å². The molecule has 4 rings (SSSR count). The summed E-state index contributed by atoms with van der Waals surface area (Å²) < 4.78 is 16.0. The number of pyridine rings is 1. The van der Waals surface area contributed by atoms with E-state index in [0.717, 1.165) is 24.9 Å². The third-order valence-corrected chi connectivity index (χ3v) is 4.56. The maximum Gasteiger partial charge on any atom is 0.227 e. The summed E-state index contributed by atoms with van der Waals surface area (Å²) in [5, 5.41) is 4.87. The molecule has 124 valence electrons. The van der Waals surface area contributed by atoms with Gasteiger partial charge in [-0.3, -0.25) is 9.78 Å². The first kappa shape index (κ1) is 16.4. The van der Waals surface area contributed by atoms with Crippen LogP contribution < -0.4 is 5.32 Å². The van der Waals surface area contributed by atoms with Crippen LogP contribution in [0.15, 0.2) is 54.2 Å². The number of hydrogen-bond acceptors (Lipinski definition) is 3. The quantitative estimate of drug-likeness (QED) is 0.740. The zero-order valence-corrected chi connectivity index (χ0v) is 13.9. The second kappa shape index (κ2) is 7.88. The van der Waals surface area contributed by atoms with Gasteiger partial charge in [-0.1, -0.05) is 23.7 Å². The summed E-state index contributed by atoms with van der Waals surface area (Å²) in [6.07, 6.45) is 5.36. The normalized spacial score (nSPS) is 16.9. The predicted molar refractivity (Wildman–Crippen MR) is 93.3 cm³/mol. The maximum atomic E-state index is 12.9. The van der Waals surface area contributed by atoms with Gasteiger partial charge in [0.15, 0.2) is 0 Å². The molecule has 1 aliphatic heterocycles. The second-order valence-electron chi connectivity index (χ2n) is 5.53. The number of nitrogens with zero attached hydrogens (tertiary/aromatic N) is 1.